The maximum atomic E-state index is 10.5. The first-order chi connectivity index (χ1) is 7.22. The van der Waals surface area contributed by atoms with Crippen LogP contribution in [0.2, 0.25) is 0 Å². The van der Waals surface area contributed by atoms with Crippen LogP contribution in [0.15, 0.2) is 17.4 Å². The Kier molecular flexibility index (Phi) is 4.89. The van der Waals surface area contributed by atoms with E-state index in [-0.39, 0.29) is 5.91 Å². The van der Waals surface area contributed by atoms with Gasteiger partial charge in [0.2, 0.25) is 5.91 Å². The van der Waals surface area contributed by atoms with E-state index in [0.717, 1.165) is 10.8 Å². The molecule has 15 heavy (non-hydrogen) atoms. The van der Waals surface area contributed by atoms with Gasteiger partial charge < -0.3 is 11.1 Å². The molecule has 0 fully saturated rings. The summed E-state index contributed by atoms with van der Waals surface area (Å²) in [5.41, 5.74) is 5.02. The van der Waals surface area contributed by atoms with Gasteiger partial charge in [0, 0.05) is 19.0 Å². The molecule has 0 unspecified atom stereocenters. The lowest BCUT2D eigenvalue weighted by Gasteiger charge is -2.04. The minimum atomic E-state index is -0.274. The number of thioether (sulfide) groups is 1. The van der Waals surface area contributed by atoms with Crippen LogP contribution >= 0.6 is 11.8 Å². The molecule has 82 valence electrons. The first-order valence-corrected chi connectivity index (χ1v) is 5.83. The molecule has 0 aliphatic heterocycles. The van der Waals surface area contributed by atoms with Crippen LogP contribution in [0, 0.1) is 0 Å². The first kappa shape index (κ1) is 11.8. The Balaban J connectivity index is 2.33. The van der Waals surface area contributed by atoms with E-state index >= 15 is 0 Å². The minimum absolute atomic E-state index is 0.274. The van der Waals surface area contributed by atoms with Crippen molar-refractivity contribution in [2.45, 2.75) is 17.9 Å². The summed E-state index contributed by atoms with van der Waals surface area (Å²) in [6.45, 7) is 0.688. The fraction of sp³-hybridized carbons (Fsp3) is 0.444. The molecule has 1 amide bonds. The Morgan fingerprint density at radius 1 is 1.60 bits per heavy atom. The van der Waals surface area contributed by atoms with Gasteiger partial charge in [-0.3, -0.25) is 4.79 Å². The molecular formula is C9H14N4OS. The molecule has 0 radical (unpaired) electrons. The first-order valence-electron chi connectivity index (χ1n) is 4.60. The smallest absolute Gasteiger partial charge is 0.217 e. The van der Waals surface area contributed by atoms with Crippen LogP contribution in [0.1, 0.15) is 12.8 Å². The molecule has 0 atom stereocenters. The standard InChI is InChI=1S/C9H14N4OS/c1-15-9-5-8(12-6-13-9)11-4-2-3-7(10)14/h5-6H,2-4H2,1H3,(H2,10,14)(H,11,12,13). The summed E-state index contributed by atoms with van der Waals surface area (Å²) in [7, 11) is 0. The van der Waals surface area contributed by atoms with E-state index in [9.17, 15) is 4.79 Å². The summed E-state index contributed by atoms with van der Waals surface area (Å²) in [5, 5.41) is 4.02. The molecule has 6 heteroatoms. The van der Waals surface area contributed by atoms with Gasteiger partial charge in [0.25, 0.3) is 0 Å². The zero-order chi connectivity index (χ0) is 11.1. The number of primary amides is 1. The van der Waals surface area contributed by atoms with Crippen molar-refractivity contribution in [1.29, 1.82) is 0 Å². The van der Waals surface area contributed by atoms with Gasteiger partial charge in [0.15, 0.2) is 0 Å². The molecule has 0 aliphatic carbocycles. The van der Waals surface area contributed by atoms with Crippen molar-refractivity contribution < 1.29 is 4.79 Å². The third-order valence-corrected chi connectivity index (χ3v) is 2.40. The van der Waals surface area contributed by atoms with Crippen LogP contribution in [0.3, 0.4) is 0 Å². The van der Waals surface area contributed by atoms with Crippen molar-refractivity contribution >= 4 is 23.5 Å². The number of aromatic nitrogens is 2. The third-order valence-electron chi connectivity index (χ3n) is 1.76. The van der Waals surface area contributed by atoms with Crippen LogP contribution in [-0.2, 0) is 4.79 Å². The molecule has 0 aliphatic rings. The van der Waals surface area contributed by atoms with Gasteiger partial charge in [-0.2, -0.15) is 0 Å². The van der Waals surface area contributed by atoms with Crippen molar-refractivity contribution in [3.63, 3.8) is 0 Å². The van der Waals surface area contributed by atoms with Gasteiger partial charge in [0.1, 0.15) is 17.2 Å². The molecule has 1 aromatic heterocycles. The van der Waals surface area contributed by atoms with E-state index in [1.54, 1.807) is 11.8 Å². The summed E-state index contributed by atoms with van der Waals surface area (Å²) in [4.78, 5) is 18.6. The fourth-order valence-corrected chi connectivity index (χ4v) is 1.41. The van der Waals surface area contributed by atoms with Crippen molar-refractivity contribution in [3.8, 4) is 0 Å². The van der Waals surface area contributed by atoms with Crippen molar-refractivity contribution in [1.82, 2.24) is 9.97 Å². The third kappa shape index (κ3) is 4.64. The Hall–Kier alpha value is -1.30. The van der Waals surface area contributed by atoms with Crippen molar-refractivity contribution in [2.24, 2.45) is 5.73 Å². The average molecular weight is 226 g/mol. The number of nitrogens with zero attached hydrogens (tertiary/aromatic N) is 2. The molecule has 0 bridgehead atoms. The average Bonchev–Trinajstić information content (AvgIpc) is 2.24. The number of nitrogens with one attached hydrogen (secondary N) is 1. The van der Waals surface area contributed by atoms with E-state index in [2.05, 4.69) is 15.3 Å². The van der Waals surface area contributed by atoms with Gasteiger partial charge in [-0.25, -0.2) is 9.97 Å². The zero-order valence-electron chi connectivity index (χ0n) is 8.56. The topological polar surface area (TPSA) is 80.9 Å². The van der Waals surface area contributed by atoms with E-state index in [4.69, 9.17) is 5.73 Å². The number of hydrogen-bond donors (Lipinski definition) is 2. The molecule has 5 nitrogen and oxygen atoms in total. The summed E-state index contributed by atoms with van der Waals surface area (Å²) in [6, 6.07) is 1.87. The normalized spacial score (nSPS) is 9.93. The van der Waals surface area contributed by atoms with E-state index in [1.807, 2.05) is 12.3 Å². The second-order valence-electron chi connectivity index (χ2n) is 2.94. The van der Waals surface area contributed by atoms with Crippen LogP contribution < -0.4 is 11.1 Å². The molecule has 0 aromatic carbocycles. The maximum Gasteiger partial charge on any atom is 0.217 e. The molecule has 3 N–H and O–H groups in total. The quantitative estimate of drug-likeness (QED) is 0.427. The van der Waals surface area contributed by atoms with Gasteiger partial charge in [-0.1, -0.05) is 0 Å². The summed E-state index contributed by atoms with van der Waals surface area (Å²) < 4.78 is 0. The van der Waals surface area contributed by atoms with E-state index in [0.29, 0.717) is 19.4 Å². The fourth-order valence-electron chi connectivity index (χ4n) is 1.03. The van der Waals surface area contributed by atoms with Crippen LogP contribution in [0.4, 0.5) is 5.82 Å². The number of rotatable bonds is 6. The lowest BCUT2D eigenvalue weighted by atomic mass is 10.3. The van der Waals surface area contributed by atoms with Crippen LogP contribution in [-0.4, -0.2) is 28.7 Å². The lowest BCUT2D eigenvalue weighted by molar-refractivity contribution is -0.118. The number of carbonyl (C=O) groups is 1. The van der Waals surface area contributed by atoms with Crippen LogP contribution in [0.25, 0.3) is 0 Å². The largest absolute Gasteiger partial charge is 0.370 e. The monoisotopic (exact) mass is 226 g/mol. The molecular weight excluding hydrogens is 212 g/mol. The SMILES string of the molecule is CSc1cc(NCCCC(N)=O)ncn1. The summed E-state index contributed by atoms with van der Waals surface area (Å²) in [6.07, 6.45) is 4.59. The zero-order valence-corrected chi connectivity index (χ0v) is 9.38. The molecule has 1 rings (SSSR count). The van der Waals surface area contributed by atoms with Gasteiger partial charge in [0.05, 0.1) is 0 Å². The highest BCUT2D eigenvalue weighted by Crippen LogP contribution is 2.13. The van der Waals surface area contributed by atoms with Crippen molar-refractivity contribution in [2.75, 3.05) is 18.1 Å². The predicted octanol–water partition coefficient (Wildman–Crippen LogP) is 0.876. The number of amides is 1. The molecule has 0 saturated heterocycles. The predicted molar refractivity (Wildman–Crippen MR) is 60.7 cm³/mol. The number of hydrogen-bond acceptors (Lipinski definition) is 5. The van der Waals surface area contributed by atoms with Crippen LogP contribution in [0.5, 0.6) is 0 Å². The van der Waals surface area contributed by atoms with Gasteiger partial charge in [-0.15, -0.1) is 11.8 Å². The highest BCUT2D eigenvalue weighted by Gasteiger charge is 1.97. The van der Waals surface area contributed by atoms with Gasteiger partial charge in [-0.05, 0) is 12.7 Å². The Morgan fingerprint density at radius 2 is 2.40 bits per heavy atom. The number of carbonyl (C=O) groups excluding carboxylic acids is 1. The molecule has 0 saturated carbocycles. The minimum Gasteiger partial charge on any atom is -0.370 e. The summed E-state index contributed by atoms with van der Waals surface area (Å²) in [5.74, 6) is 0.503. The molecule has 1 aromatic rings. The van der Waals surface area contributed by atoms with E-state index < -0.39 is 0 Å². The Bertz CT molecular complexity index is 332. The Labute approximate surface area is 92.9 Å². The molecule has 0 spiro atoms. The lowest BCUT2D eigenvalue weighted by Crippen LogP contribution is -2.13. The number of nitrogens with two attached hydrogens (primary N) is 1. The maximum absolute atomic E-state index is 10.5. The molecule has 1 heterocycles. The van der Waals surface area contributed by atoms with Gasteiger partial charge >= 0.3 is 0 Å². The highest BCUT2D eigenvalue weighted by molar-refractivity contribution is 7.98. The highest BCUT2D eigenvalue weighted by atomic mass is 32.2. The van der Waals surface area contributed by atoms with E-state index in [1.165, 1.54) is 6.33 Å². The second kappa shape index (κ2) is 6.23. The number of anilines is 1. The van der Waals surface area contributed by atoms with Crippen molar-refractivity contribution in [3.05, 3.63) is 12.4 Å². The summed E-state index contributed by atoms with van der Waals surface area (Å²) >= 11 is 1.56. The Morgan fingerprint density at radius 3 is 3.07 bits per heavy atom. The second-order valence-corrected chi connectivity index (χ2v) is 3.77.